The van der Waals surface area contributed by atoms with E-state index >= 15 is 0 Å². The smallest absolute Gasteiger partial charge is 0.227 e. The van der Waals surface area contributed by atoms with Crippen molar-refractivity contribution in [3.8, 4) is 11.5 Å². The van der Waals surface area contributed by atoms with Crippen molar-refractivity contribution in [1.29, 1.82) is 0 Å². The molecule has 3 aromatic rings. The molecule has 1 atom stereocenters. The highest BCUT2D eigenvalue weighted by molar-refractivity contribution is 5.82. The van der Waals surface area contributed by atoms with Crippen molar-refractivity contribution < 1.29 is 4.42 Å². The molecule has 0 fully saturated rings. The van der Waals surface area contributed by atoms with Gasteiger partial charge in [0, 0.05) is 12.1 Å². The van der Waals surface area contributed by atoms with E-state index in [9.17, 15) is 0 Å². The maximum Gasteiger partial charge on any atom is 0.227 e. The molecule has 0 aliphatic carbocycles. The first-order valence-electron chi connectivity index (χ1n) is 8.29. The number of rotatable bonds is 4. The molecule has 4 heteroatoms. The van der Waals surface area contributed by atoms with Crippen LogP contribution in [0.3, 0.4) is 0 Å². The quantitative estimate of drug-likeness (QED) is 0.746. The predicted octanol–water partition coefficient (Wildman–Crippen LogP) is 4.87. The first-order valence-corrected chi connectivity index (χ1v) is 8.29. The van der Waals surface area contributed by atoms with E-state index in [1.807, 2.05) is 24.3 Å². The van der Waals surface area contributed by atoms with Crippen molar-refractivity contribution in [3.05, 3.63) is 42.5 Å². The summed E-state index contributed by atoms with van der Waals surface area (Å²) in [5.41, 5.74) is 5.17. The molecule has 23 heavy (non-hydrogen) atoms. The first kappa shape index (κ1) is 14.1. The Morgan fingerprint density at radius 2 is 2.09 bits per heavy atom. The number of nitrogens with one attached hydrogen (secondary N) is 1. The third-order valence-corrected chi connectivity index (χ3v) is 4.43. The first-order chi connectivity index (χ1) is 11.3. The van der Waals surface area contributed by atoms with Crippen LogP contribution in [0.15, 0.2) is 46.9 Å². The molecule has 0 amide bonds. The molecule has 0 saturated heterocycles. The second kappa shape index (κ2) is 5.61. The molecule has 2 heterocycles. The Labute approximate surface area is 136 Å². The van der Waals surface area contributed by atoms with Crippen LogP contribution in [0.4, 0.5) is 11.4 Å². The van der Waals surface area contributed by atoms with Gasteiger partial charge >= 0.3 is 0 Å². The number of hydrogen-bond donors (Lipinski definition) is 1. The summed E-state index contributed by atoms with van der Waals surface area (Å²) in [5.74, 6) is 0.676. The summed E-state index contributed by atoms with van der Waals surface area (Å²) >= 11 is 0. The van der Waals surface area contributed by atoms with E-state index < -0.39 is 0 Å². The third kappa shape index (κ3) is 2.44. The highest BCUT2D eigenvalue weighted by Crippen LogP contribution is 2.38. The Morgan fingerprint density at radius 1 is 1.22 bits per heavy atom. The van der Waals surface area contributed by atoms with Crippen molar-refractivity contribution in [2.45, 2.75) is 32.9 Å². The fraction of sp³-hybridized carbons (Fsp3) is 0.316. The minimum atomic E-state index is 0.329. The molecule has 0 saturated carbocycles. The fourth-order valence-corrected chi connectivity index (χ4v) is 3.18. The average Bonchev–Trinajstić information content (AvgIpc) is 3.12. The van der Waals surface area contributed by atoms with Crippen LogP contribution >= 0.6 is 0 Å². The van der Waals surface area contributed by atoms with E-state index in [1.165, 1.54) is 18.5 Å². The molecule has 1 N–H and O–H groups in total. The van der Waals surface area contributed by atoms with Gasteiger partial charge in [0.2, 0.25) is 5.89 Å². The lowest BCUT2D eigenvalue weighted by Crippen LogP contribution is -2.33. The Kier molecular flexibility index (Phi) is 3.45. The van der Waals surface area contributed by atoms with Gasteiger partial charge in [0.05, 0.1) is 17.5 Å². The van der Waals surface area contributed by atoms with Crippen LogP contribution in [0.2, 0.25) is 0 Å². The summed E-state index contributed by atoms with van der Waals surface area (Å²) in [7, 11) is 0. The van der Waals surface area contributed by atoms with Crippen LogP contribution in [0.1, 0.15) is 26.7 Å². The van der Waals surface area contributed by atoms with Gasteiger partial charge in [-0.15, -0.1) is 0 Å². The molecular formula is C19H21N3O. The van der Waals surface area contributed by atoms with Crippen LogP contribution in [0.25, 0.3) is 22.6 Å². The molecule has 1 unspecified atom stereocenters. The Morgan fingerprint density at radius 3 is 2.91 bits per heavy atom. The van der Waals surface area contributed by atoms with E-state index in [0.29, 0.717) is 12.1 Å². The topological polar surface area (TPSA) is 41.3 Å². The minimum absolute atomic E-state index is 0.329. The summed E-state index contributed by atoms with van der Waals surface area (Å²) < 4.78 is 5.88. The largest absolute Gasteiger partial charge is 0.436 e. The lowest BCUT2D eigenvalue weighted by molar-refractivity contribution is 0.620. The number of nitrogens with zero attached hydrogens (tertiary/aromatic N) is 2. The normalized spacial score (nSPS) is 16.6. The van der Waals surface area contributed by atoms with Crippen molar-refractivity contribution in [1.82, 2.24) is 4.98 Å². The van der Waals surface area contributed by atoms with E-state index in [4.69, 9.17) is 4.42 Å². The van der Waals surface area contributed by atoms with Gasteiger partial charge in [-0.1, -0.05) is 25.5 Å². The summed E-state index contributed by atoms with van der Waals surface area (Å²) in [6.45, 7) is 5.51. The number of aromatic nitrogens is 1. The van der Waals surface area contributed by atoms with E-state index in [-0.39, 0.29) is 0 Å². The lowest BCUT2D eigenvalue weighted by Gasteiger charge is -2.23. The van der Waals surface area contributed by atoms with E-state index in [1.54, 1.807) is 0 Å². The number of para-hydroxylation sites is 2. The number of anilines is 2. The standard InChI is InChI=1S/C19H21N3O/c1-3-4-11-22-13(2)20-16-12-14(9-10-17(16)22)19-21-15-7-5-6-8-18(15)23-19/h5-10,12-13,20H,3-4,11H2,1-2H3. The number of oxazole rings is 1. The highest BCUT2D eigenvalue weighted by Gasteiger charge is 2.25. The van der Waals surface area contributed by atoms with E-state index in [2.05, 4.69) is 47.2 Å². The van der Waals surface area contributed by atoms with Crippen molar-refractivity contribution in [2.75, 3.05) is 16.8 Å². The minimum Gasteiger partial charge on any atom is -0.436 e. The van der Waals surface area contributed by atoms with Gasteiger partial charge in [-0.25, -0.2) is 4.98 Å². The molecule has 4 rings (SSSR count). The maximum absolute atomic E-state index is 5.88. The van der Waals surface area contributed by atoms with Crippen LogP contribution in [-0.2, 0) is 0 Å². The second-order valence-electron chi connectivity index (χ2n) is 6.09. The molecule has 4 nitrogen and oxygen atoms in total. The molecular weight excluding hydrogens is 286 g/mol. The zero-order valence-electron chi connectivity index (χ0n) is 13.5. The molecule has 0 bridgehead atoms. The zero-order chi connectivity index (χ0) is 15.8. The summed E-state index contributed by atoms with van der Waals surface area (Å²) in [5, 5.41) is 3.56. The van der Waals surface area contributed by atoms with Gasteiger partial charge in [0.1, 0.15) is 5.52 Å². The van der Waals surface area contributed by atoms with Gasteiger partial charge < -0.3 is 14.6 Å². The zero-order valence-corrected chi connectivity index (χ0v) is 13.5. The summed E-state index contributed by atoms with van der Waals surface area (Å²) in [6.07, 6.45) is 2.74. The molecule has 1 aromatic heterocycles. The average molecular weight is 307 g/mol. The molecule has 2 aromatic carbocycles. The van der Waals surface area contributed by atoms with E-state index in [0.717, 1.165) is 28.9 Å². The molecule has 0 radical (unpaired) electrons. The number of benzene rings is 2. The van der Waals surface area contributed by atoms with Crippen LogP contribution < -0.4 is 10.2 Å². The molecule has 1 aliphatic rings. The molecule has 1 aliphatic heterocycles. The Hall–Kier alpha value is -2.49. The monoisotopic (exact) mass is 307 g/mol. The third-order valence-electron chi connectivity index (χ3n) is 4.43. The second-order valence-corrected chi connectivity index (χ2v) is 6.09. The lowest BCUT2D eigenvalue weighted by atomic mass is 10.1. The van der Waals surface area contributed by atoms with Gasteiger partial charge in [-0.3, -0.25) is 0 Å². The summed E-state index contributed by atoms with van der Waals surface area (Å²) in [6, 6.07) is 14.3. The predicted molar refractivity (Wildman–Crippen MR) is 94.8 cm³/mol. The van der Waals surface area contributed by atoms with Gasteiger partial charge in [0.15, 0.2) is 5.58 Å². The number of hydrogen-bond acceptors (Lipinski definition) is 4. The Balaban J connectivity index is 1.69. The number of unbranched alkanes of at least 4 members (excludes halogenated alkanes) is 1. The SMILES string of the molecule is CCCCN1c2ccc(-c3nc4ccccc4o3)cc2NC1C. The summed E-state index contributed by atoms with van der Waals surface area (Å²) in [4.78, 5) is 7.01. The molecule has 118 valence electrons. The van der Waals surface area contributed by atoms with Crippen molar-refractivity contribution in [3.63, 3.8) is 0 Å². The van der Waals surface area contributed by atoms with Gasteiger partial charge in [0.25, 0.3) is 0 Å². The highest BCUT2D eigenvalue weighted by atomic mass is 16.3. The maximum atomic E-state index is 5.88. The molecule has 0 spiro atoms. The van der Waals surface area contributed by atoms with Crippen molar-refractivity contribution >= 4 is 22.5 Å². The van der Waals surface area contributed by atoms with Crippen LogP contribution in [0, 0.1) is 0 Å². The van der Waals surface area contributed by atoms with Gasteiger partial charge in [-0.2, -0.15) is 0 Å². The fourth-order valence-electron chi connectivity index (χ4n) is 3.18. The van der Waals surface area contributed by atoms with Crippen LogP contribution in [-0.4, -0.2) is 17.7 Å². The van der Waals surface area contributed by atoms with Crippen molar-refractivity contribution in [2.24, 2.45) is 0 Å². The number of fused-ring (bicyclic) bond motifs is 2. The Bertz CT molecular complexity index is 807. The van der Waals surface area contributed by atoms with Gasteiger partial charge in [-0.05, 0) is 43.7 Å². The van der Waals surface area contributed by atoms with Crippen LogP contribution in [0.5, 0.6) is 0 Å².